The fourth-order valence-corrected chi connectivity index (χ4v) is 1.69. The summed E-state index contributed by atoms with van der Waals surface area (Å²) in [7, 11) is 0. The van der Waals surface area contributed by atoms with Crippen LogP contribution in [-0.2, 0) is 11.2 Å². The zero-order chi connectivity index (χ0) is 11.9. The molecular formula is C10H9NO5. The second-order valence-electron chi connectivity index (χ2n) is 3.50. The van der Waals surface area contributed by atoms with Crippen LogP contribution in [0.25, 0.3) is 0 Å². The molecule has 6 heteroatoms. The van der Waals surface area contributed by atoms with Crippen LogP contribution < -0.4 is 5.32 Å². The van der Waals surface area contributed by atoms with Crippen LogP contribution in [0.3, 0.4) is 0 Å². The van der Waals surface area contributed by atoms with Gasteiger partial charge in [0, 0.05) is 12.0 Å². The topological polar surface area (TPSA) is 107 Å². The number of amides is 1. The molecule has 0 fully saturated rings. The van der Waals surface area contributed by atoms with Crippen molar-refractivity contribution in [2.45, 2.75) is 12.8 Å². The van der Waals surface area contributed by atoms with Crippen LogP contribution in [0.1, 0.15) is 22.3 Å². The summed E-state index contributed by atoms with van der Waals surface area (Å²) < 4.78 is 0. The molecule has 0 radical (unpaired) electrons. The predicted octanol–water partition coefficient (Wildman–Crippen LogP) is 0.681. The Bertz CT molecular complexity index is 494. The molecule has 1 aliphatic heterocycles. The number of carboxylic acid groups (broad SMARTS) is 1. The minimum Gasteiger partial charge on any atom is -0.508 e. The van der Waals surface area contributed by atoms with E-state index in [9.17, 15) is 19.8 Å². The molecule has 0 aliphatic carbocycles. The number of phenolic OH excluding ortho intramolecular Hbond substituents is 1. The SMILES string of the molecule is O=C1CCc2c(O)cc(C(=O)O)c(O)c2N1. The van der Waals surface area contributed by atoms with Gasteiger partial charge in [-0.05, 0) is 12.5 Å². The van der Waals surface area contributed by atoms with E-state index in [1.807, 2.05) is 0 Å². The van der Waals surface area contributed by atoms with Crippen LogP contribution in [0.5, 0.6) is 11.5 Å². The van der Waals surface area contributed by atoms with Crippen LogP contribution in [0.2, 0.25) is 0 Å². The molecule has 0 atom stereocenters. The van der Waals surface area contributed by atoms with Gasteiger partial charge in [-0.3, -0.25) is 4.79 Å². The third-order valence-electron chi connectivity index (χ3n) is 2.48. The lowest BCUT2D eigenvalue weighted by atomic mass is 9.98. The number of hydrogen-bond acceptors (Lipinski definition) is 4. The van der Waals surface area contributed by atoms with E-state index in [-0.39, 0.29) is 30.2 Å². The zero-order valence-electron chi connectivity index (χ0n) is 8.15. The summed E-state index contributed by atoms with van der Waals surface area (Å²) in [6.45, 7) is 0. The first-order chi connectivity index (χ1) is 7.50. The van der Waals surface area contributed by atoms with Crippen molar-refractivity contribution in [1.29, 1.82) is 0 Å². The maximum Gasteiger partial charge on any atom is 0.339 e. The van der Waals surface area contributed by atoms with Crippen molar-refractivity contribution >= 4 is 17.6 Å². The highest BCUT2D eigenvalue weighted by atomic mass is 16.4. The van der Waals surface area contributed by atoms with Gasteiger partial charge < -0.3 is 20.6 Å². The first kappa shape index (κ1) is 10.3. The minimum absolute atomic E-state index is 0.00588. The van der Waals surface area contributed by atoms with Crippen LogP contribution in [0.15, 0.2) is 6.07 Å². The number of rotatable bonds is 1. The first-order valence-electron chi connectivity index (χ1n) is 4.61. The molecule has 84 valence electrons. The average Bonchev–Trinajstić information content (AvgIpc) is 2.22. The lowest BCUT2D eigenvalue weighted by molar-refractivity contribution is -0.116. The van der Waals surface area contributed by atoms with E-state index < -0.39 is 17.3 Å². The highest BCUT2D eigenvalue weighted by Crippen LogP contribution is 2.40. The number of phenols is 2. The predicted molar refractivity (Wildman–Crippen MR) is 53.7 cm³/mol. The Hall–Kier alpha value is -2.24. The van der Waals surface area contributed by atoms with Crippen molar-refractivity contribution in [2.75, 3.05) is 5.32 Å². The van der Waals surface area contributed by atoms with Crippen molar-refractivity contribution in [3.8, 4) is 11.5 Å². The quantitative estimate of drug-likeness (QED) is 0.413. The molecular weight excluding hydrogens is 214 g/mol. The number of benzene rings is 1. The van der Waals surface area contributed by atoms with E-state index in [1.165, 1.54) is 0 Å². The summed E-state index contributed by atoms with van der Waals surface area (Å²) in [6.07, 6.45) is 0.479. The zero-order valence-corrected chi connectivity index (χ0v) is 8.15. The number of hydrogen-bond donors (Lipinski definition) is 4. The Balaban J connectivity index is 2.66. The van der Waals surface area contributed by atoms with E-state index in [0.717, 1.165) is 6.07 Å². The van der Waals surface area contributed by atoms with Gasteiger partial charge in [-0.2, -0.15) is 0 Å². The van der Waals surface area contributed by atoms with E-state index in [2.05, 4.69) is 5.32 Å². The van der Waals surface area contributed by atoms with Crippen molar-refractivity contribution in [2.24, 2.45) is 0 Å². The summed E-state index contributed by atoms with van der Waals surface area (Å²) in [6, 6.07) is 0.980. The molecule has 0 unspecified atom stereocenters. The molecule has 1 heterocycles. The molecule has 0 saturated carbocycles. The summed E-state index contributed by atoms with van der Waals surface area (Å²) >= 11 is 0. The summed E-state index contributed by atoms with van der Waals surface area (Å²) in [5.41, 5.74) is -0.0748. The Morgan fingerprint density at radius 3 is 2.62 bits per heavy atom. The number of carboxylic acids is 1. The maximum absolute atomic E-state index is 11.1. The first-order valence-corrected chi connectivity index (χ1v) is 4.61. The number of nitrogens with one attached hydrogen (secondary N) is 1. The number of fused-ring (bicyclic) bond motifs is 1. The molecule has 2 rings (SSSR count). The second kappa shape index (κ2) is 3.41. The second-order valence-corrected chi connectivity index (χ2v) is 3.50. The van der Waals surface area contributed by atoms with Crippen LogP contribution in [-0.4, -0.2) is 27.2 Å². The number of aromatic carboxylic acids is 1. The van der Waals surface area contributed by atoms with E-state index in [0.29, 0.717) is 5.56 Å². The van der Waals surface area contributed by atoms with E-state index >= 15 is 0 Å². The lowest BCUT2D eigenvalue weighted by Gasteiger charge is -2.19. The molecule has 6 nitrogen and oxygen atoms in total. The largest absolute Gasteiger partial charge is 0.508 e. The third kappa shape index (κ3) is 1.44. The maximum atomic E-state index is 11.1. The summed E-state index contributed by atoms with van der Waals surface area (Å²) in [4.78, 5) is 21.9. The summed E-state index contributed by atoms with van der Waals surface area (Å²) in [5.74, 6) is -2.43. The van der Waals surface area contributed by atoms with Crippen molar-refractivity contribution in [1.82, 2.24) is 0 Å². The van der Waals surface area contributed by atoms with Crippen LogP contribution >= 0.6 is 0 Å². The Labute approximate surface area is 90.1 Å². The highest BCUT2D eigenvalue weighted by Gasteiger charge is 2.25. The molecule has 0 bridgehead atoms. The van der Waals surface area contributed by atoms with Gasteiger partial charge in [0.15, 0.2) is 5.75 Å². The molecule has 1 aromatic carbocycles. The lowest BCUT2D eigenvalue weighted by Crippen LogP contribution is -2.20. The number of carbonyl (C=O) groups is 2. The van der Waals surface area contributed by atoms with Crippen LogP contribution in [0.4, 0.5) is 5.69 Å². The molecule has 0 spiro atoms. The Morgan fingerprint density at radius 1 is 1.31 bits per heavy atom. The monoisotopic (exact) mass is 223 g/mol. The molecule has 0 aromatic heterocycles. The van der Waals surface area contributed by atoms with Gasteiger partial charge in [0.2, 0.25) is 5.91 Å². The van der Waals surface area contributed by atoms with E-state index in [4.69, 9.17) is 5.11 Å². The van der Waals surface area contributed by atoms with Crippen molar-refractivity contribution < 1.29 is 24.9 Å². The Morgan fingerprint density at radius 2 is 2.00 bits per heavy atom. The normalized spacial score (nSPS) is 14.1. The van der Waals surface area contributed by atoms with Gasteiger partial charge >= 0.3 is 5.97 Å². The summed E-state index contributed by atoms with van der Waals surface area (Å²) in [5, 5.41) is 30.3. The molecule has 1 aromatic rings. The highest BCUT2D eigenvalue weighted by molar-refractivity contribution is 6.01. The average molecular weight is 223 g/mol. The van der Waals surface area contributed by atoms with Crippen LogP contribution in [0, 0.1) is 0 Å². The van der Waals surface area contributed by atoms with Gasteiger partial charge in [0.25, 0.3) is 0 Å². The molecule has 1 amide bonds. The Kier molecular flexibility index (Phi) is 2.19. The van der Waals surface area contributed by atoms with Gasteiger partial charge in [0.1, 0.15) is 11.3 Å². The molecule has 0 saturated heterocycles. The van der Waals surface area contributed by atoms with Crippen molar-refractivity contribution in [3.05, 3.63) is 17.2 Å². The van der Waals surface area contributed by atoms with Gasteiger partial charge in [0.05, 0.1) is 5.69 Å². The molecule has 4 N–H and O–H groups in total. The fourth-order valence-electron chi connectivity index (χ4n) is 1.69. The smallest absolute Gasteiger partial charge is 0.339 e. The van der Waals surface area contributed by atoms with Gasteiger partial charge in [-0.1, -0.05) is 0 Å². The fraction of sp³-hybridized carbons (Fsp3) is 0.200. The minimum atomic E-state index is -1.37. The third-order valence-corrected chi connectivity index (χ3v) is 2.48. The number of carbonyl (C=O) groups excluding carboxylic acids is 1. The molecule has 1 aliphatic rings. The molecule has 16 heavy (non-hydrogen) atoms. The number of anilines is 1. The van der Waals surface area contributed by atoms with Crippen molar-refractivity contribution in [3.63, 3.8) is 0 Å². The van der Waals surface area contributed by atoms with E-state index in [1.54, 1.807) is 0 Å². The number of aromatic hydroxyl groups is 2. The van der Waals surface area contributed by atoms with Gasteiger partial charge in [-0.25, -0.2) is 4.79 Å². The van der Waals surface area contributed by atoms with Gasteiger partial charge in [-0.15, -0.1) is 0 Å². The standard InChI is InChI=1S/C10H9NO5/c12-6-3-5(10(15)16)9(14)8-4(6)1-2-7(13)11-8/h3,12,14H,1-2H2,(H,11,13)(H,15,16).